The Morgan fingerprint density at radius 1 is 0.941 bits per heavy atom. The number of hydrazone groups is 1. The van der Waals surface area contributed by atoms with E-state index in [1.807, 2.05) is 78.9 Å². The fourth-order valence-corrected chi connectivity index (χ4v) is 4.08. The summed E-state index contributed by atoms with van der Waals surface area (Å²) >= 11 is 0. The maximum absolute atomic E-state index is 13.2. The zero-order valence-electron chi connectivity index (χ0n) is 19.1. The Kier molecular flexibility index (Phi) is 5.87. The molecule has 0 saturated heterocycles. The van der Waals surface area contributed by atoms with Crippen LogP contribution in [0.25, 0.3) is 33.2 Å². The van der Waals surface area contributed by atoms with Crippen molar-refractivity contribution in [3.05, 3.63) is 96.3 Å². The third-order valence-corrected chi connectivity index (χ3v) is 5.61. The highest BCUT2D eigenvalue weighted by atomic mass is 16.2. The molecule has 5 rings (SSSR count). The molecule has 168 valence electrons. The van der Waals surface area contributed by atoms with Crippen LogP contribution in [-0.4, -0.2) is 26.7 Å². The van der Waals surface area contributed by atoms with Crippen LogP contribution in [0.1, 0.15) is 30.0 Å². The van der Waals surface area contributed by atoms with Gasteiger partial charge in [0.15, 0.2) is 5.82 Å². The van der Waals surface area contributed by atoms with Crippen LogP contribution in [0.5, 0.6) is 0 Å². The summed E-state index contributed by atoms with van der Waals surface area (Å²) < 4.78 is 2.13. The minimum atomic E-state index is -0.293. The highest BCUT2D eigenvalue weighted by molar-refractivity contribution is 6.07. The van der Waals surface area contributed by atoms with Crippen LogP contribution < -0.4 is 5.43 Å². The number of carbonyl (C=O) groups is 1. The summed E-state index contributed by atoms with van der Waals surface area (Å²) in [6.07, 6.45) is 1.61. The van der Waals surface area contributed by atoms with Gasteiger partial charge in [0.2, 0.25) is 0 Å². The second kappa shape index (κ2) is 9.27. The van der Waals surface area contributed by atoms with Gasteiger partial charge >= 0.3 is 0 Å². The van der Waals surface area contributed by atoms with Crippen molar-refractivity contribution in [3.8, 4) is 11.3 Å². The fraction of sp³-hybridized carbons (Fsp3) is 0.143. The van der Waals surface area contributed by atoms with E-state index in [9.17, 15) is 4.79 Å². The second-order valence-corrected chi connectivity index (χ2v) is 8.60. The van der Waals surface area contributed by atoms with Crippen LogP contribution in [0, 0.1) is 5.92 Å². The molecule has 6 heteroatoms. The summed E-state index contributed by atoms with van der Waals surface area (Å²) in [6, 6.07) is 27.3. The zero-order chi connectivity index (χ0) is 23.5. The molecule has 0 aliphatic rings. The van der Waals surface area contributed by atoms with Crippen molar-refractivity contribution in [1.82, 2.24) is 20.0 Å². The number of imidazole rings is 1. The van der Waals surface area contributed by atoms with Gasteiger partial charge in [0, 0.05) is 17.5 Å². The quantitative estimate of drug-likeness (QED) is 0.269. The second-order valence-electron chi connectivity index (χ2n) is 8.60. The lowest BCUT2D eigenvalue weighted by Gasteiger charge is -2.10. The Labute approximate surface area is 198 Å². The van der Waals surface area contributed by atoms with Gasteiger partial charge < -0.3 is 4.57 Å². The first-order chi connectivity index (χ1) is 16.6. The number of para-hydroxylation sites is 3. The molecule has 1 amide bonds. The van der Waals surface area contributed by atoms with Crippen LogP contribution in [0.2, 0.25) is 0 Å². The molecule has 0 spiro atoms. The number of benzene rings is 3. The molecule has 3 aromatic carbocycles. The number of nitrogens with one attached hydrogen (secondary N) is 1. The van der Waals surface area contributed by atoms with Gasteiger partial charge in [-0.05, 0) is 30.2 Å². The van der Waals surface area contributed by atoms with E-state index in [4.69, 9.17) is 9.97 Å². The van der Waals surface area contributed by atoms with E-state index in [1.165, 1.54) is 0 Å². The van der Waals surface area contributed by atoms with Crippen LogP contribution in [0.15, 0.2) is 90.0 Å². The lowest BCUT2D eigenvalue weighted by Crippen LogP contribution is -2.19. The normalized spacial score (nSPS) is 11.6. The molecule has 2 aromatic heterocycles. The average molecular weight is 448 g/mol. The lowest BCUT2D eigenvalue weighted by molar-refractivity contribution is 0.0956. The minimum absolute atomic E-state index is 0.293. The van der Waals surface area contributed by atoms with Crippen molar-refractivity contribution in [2.45, 2.75) is 20.4 Å². The number of pyridine rings is 1. The van der Waals surface area contributed by atoms with Crippen molar-refractivity contribution in [2.75, 3.05) is 0 Å². The van der Waals surface area contributed by atoms with Crippen molar-refractivity contribution < 1.29 is 4.79 Å². The van der Waals surface area contributed by atoms with E-state index in [2.05, 4.69) is 35.0 Å². The van der Waals surface area contributed by atoms with Gasteiger partial charge in [0.05, 0.1) is 34.0 Å². The summed E-state index contributed by atoms with van der Waals surface area (Å²) in [5, 5.41) is 5.04. The third-order valence-electron chi connectivity index (χ3n) is 5.61. The predicted molar refractivity (Wildman–Crippen MR) is 137 cm³/mol. The van der Waals surface area contributed by atoms with Crippen molar-refractivity contribution in [3.63, 3.8) is 0 Å². The van der Waals surface area contributed by atoms with Crippen LogP contribution in [-0.2, 0) is 6.54 Å². The van der Waals surface area contributed by atoms with Gasteiger partial charge in [-0.3, -0.25) is 4.79 Å². The number of hydrogen-bond acceptors (Lipinski definition) is 4. The number of hydrogen-bond donors (Lipinski definition) is 1. The van der Waals surface area contributed by atoms with E-state index >= 15 is 0 Å². The highest BCUT2D eigenvalue weighted by Gasteiger charge is 2.14. The smallest absolute Gasteiger partial charge is 0.272 e. The first kappa shape index (κ1) is 21.5. The van der Waals surface area contributed by atoms with E-state index in [0.717, 1.165) is 39.7 Å². The fourth-order valence-electron chi connectivity index (χ4n) is 4.08. The van der Waals surface area contributed by atoms with Crippen LogP contribution in [0.4, 0.5) is 0 Å². The summed E-state index contributed by atoms with van der Waals surface area (Å²) in [5.74, 6) is 0.859. The van der Waals surface area contributed by atoms with Gasteiger partial charge in [-0.2, -0.15) is 5.10 Å². The molecule has 0 aliphatic carbocycles. The minimum Gasteiger partial charge on any atom is -0.323 e. The molecular formula is C28H25N5O. The SMILES string of the molecule is CC(C)Cn1c(C=NNC(=O)c2cc(-c3ccccc3)nc3ccccc23)nc2ccccc21. The molecule has 0 aliphatic heterocycles. The van der Waals surface area contributed by atoms with E-state index in [1.54, 1.807) is 6.21 Å². The number of nitrogens with zero attached hydrogens (tertiary/aromatic N) is 4. The number of aromatic nitrogens is 3. The highest BCUT2D eigenvalue weighted by Crippen LogP contribution is 2.25. The number of rotatable bonds is 6. The molecule has 0 fully saturated rings. The van der Waals surface area contributed by atoms with Gasteiger partial charge in [0.25, 0.3) is 5.91 Å². The lowest BCUT2D eigenvalue weighted by atomic mass is 10.0. The first-order valence-corrected chi connectivity index (χ1v) is 11.3. The molecule has 0 unspecified atom stereocenters. The summed E-state index contributed by atoms with van der Waals surface area (Å²) in [6.45, 7) is 5.14. The summed E-state index contributed by atoms with van der Waals surface area (Å²) in [7, 11) is 0. The monoisotopic (exact) mass is 447 g/mol. The predicted octanol–water partition coefficient (Wildman–Crippen LogP) is 5.67. The Morgan fingerprint density at radius 2 is 1.65 bits per heavy atom. The Balaban J connectivity index is 1.47. The van der Waals surface area contributed by atoms with Gasteiger partial charge in [-0.15, -0.1) is 0 Å². The molecule has 0 radical (unpaired) electrons. The number of amides is 1. The van der Waals surface area contributed by atoms with E-state index < -0.39 is 0 Å². The maximum atomic E-state index is 13.2. The van der Waals surface area contributed by atoms with Crippen molar-refractivity contribution in [2.24, 2.45) is 11.0 Å². The van der Waals surface area contributed by atoms with E-state index in [-0.39, 0.29) is 5.91 Å². The third kappa shape index (κ3) is 4.30. The van der Waals surface area contributed by atoms with Gasteiger partial charge in [-0.1, -0.05) is 74.5 Å². The van der Waals surface area contributed by atoms with Gasteiger partial charge in [0.1, 0.15) is 0 Å². The topological polar surface area (TPSA) is 72.2 Å². The van der Waals surface area contributed by atoms with Crippen molar-refractivity contribution in [1.29, 1.82) is 0 Å². The molecular weight excluding hydrogens is 422 g/mol. The molecule has 34 heavy (non-hydrogen) atoms. The largest absolute Gasteiger partial charge is 0.323 e. The summed E-state index contributed by atoms with van der Waals surface area (Å²) in [5.41, 5.74) is 7.63. The van der Waals surface area contributed by atoms with Crippen molar-refractivity contribution >= 4 is 34.1 Å². The summed E-state index contributed by atoms with van der Waals surface area (Å²) in [4.78, 5) is 22.6. The molecule has 0 saturated carbocycles. The zero-order valence-corrected chi connectivity index (χ0v) is 19.1. The van der Waals surface area contributed by atoms with E-state index in [0.29, 0.717) is 17.3 Å². The Hall–Kier alpha value is -4.32. The Morgan fingerprint density at radius 3 is 2.44 bits per heavy atom. The molecule has 0 atom stereocenters. The van der Waals surface area contributed by atoms with Gasteiger partial charge in [-0.25, -0.2) is 15.4 Å². The number of carbonyl (C=O) groups excluding carboxylic acids is 1. The standard InChI is InChI=1S/C28H25N5O/c1-19(2)18-33-26-15-9-8-14-24(26)31-27(33)17-29-32-28(34)22-16-25(20-10-4-3-5-11-20)30-23-13-7-6-12-21(22)23/h3-17,19H,18H2,1-2H3,(H,32,34). The van der Waals surface area contributed by atoms with Crippen LogP contribution in [0.3, 0.4) is 0 Å². The average Bonchev–Trinajstić information content (AvgIpc) is 3.20. The molecule has 2 heterocycles. The maximum Gasteiger partial charge on any atom is 0.272 e. The number of fused-ring (bicyclic) bond motifs is 2. The first-order valence-electron chi connectivity index (χ1n) is 11.3. The van der Waals surface area contributed by atoms with Crippen LogP contribution >= 0.6 is 0 Å². The molecule has 1 N–H and O–H groups in total. The molecule has 6 nitrogen and oxygen atoms in total. The molecule has 5 aromatic rings. The Bertz CT molecular complexity index is 1500. The molecule has 0 bridgehead atoms.